The van der Waals surface area contributed by atoms with Gasteiger partial charge in [0.1, 0.15) is 11.5 Å². The van der Waals surface area contributed by atoms with Gasteiger partial charge in [-0.05, 0) is 57.4 Å². The third-order valence-electron chi connectivity index (χ3n) is 8.45. The van der Waals surface area contributed by atoms with Crippen LogP contribution >= 0.6 is 7.92 Å². The van der Waals surface area contributed by atoms with E-state index in [0.29, 0.717) is 0 Å². The zero-order chi connectivity index (χ0) is 31.1. The Morgan fingerprint density at radius 1 is 0.682 bits per heavy atom. The minimum absolute atomic E-state index is 0.317. The minimum Gasteiger partial charge on any atom is -0.456 e. The van der Waals surface area contributed by atoms with Gasteiger partial charge < -0.3 is 4.74 Å². The summed E-state index contributed by atoms with van der Waals surface area (Å²) in [6.45, 7) is 12.7. The molecule has 2 atom stereocenters. The lowest BCUT2D eigenvalue weighted by molar-refractivity contribution is 0.413. The highest BCUT2D eigenvalue weighted by Gasteiger charge is 2.39. The normalized spacial score (nSPS) is 15.2. The topological polar surface area (TPSA) is 38.3 Å². The molecule has 1 unspecified atom stereocenters. The van der Waals surface area contributed by atoms with Crippen LogP contribution in [0.25, 0.3) is 0 Å². The van der Waals surface area contributed by atoms with Gasteiger partial charge >= 0.3 is 0 Å². The summed E-state index contributed by atoms with van der Waals surface area (Å²) in [6.07, 6.45) is 0. The summed E-state index contributed by atoms with van der Waals surface area (Å²) in [5.74, 6) is 1.77. The molecular weight excluding hydrogens is 577 g/mol. The number of rotatable bonds is 7. The molecule has 1 N–H and O–H groups in total. The van der Waals surface area contributed by atoms with Crippen molar-refractivity contribution < 1.29 is 8.95 Å². The second-order valence-electron chi connectivity index (χ2n) is 12.9. The standard InChI is InChI=1S/C39H40NO2PS/c1-27-17-13-14-22-30(27)35(40-44(41)38(2,3)4)31-23-15-24-32-36(31)42-37-33(39(32,5)6)25-16-26-34(37)43(28-18-9-7-10-19-28)29-20-11-8-12-21-29/h7-26,35,40H,1-6H3/t35?,44-/m1/s1. The van der Waals surface area contributed by atoms with Crippen LogP contribution in [-0.2, 0) is 16.4 Å². The molecule has 1 heterocycles. The molecule has 0 aromatic heterocycles. The molecule has 0 saturated carbocycles. The van der Waals surface area contributed by atoms with Crippen molar-refractivity contribution in [3.8, 4) is 11.5 Å². The number of benzene rings is 5. The fourth-order valence-electron chi connectivity index (χ4n) is 6.01. The molecule has 224 valence electrons. The summed E-state index contributed by atoms with van der Waals surface area (Å²) in [5, 5.41) is 3.76. The van der Waals surface area contributed by atoms with Gasteiger partial charge in [0.2, 0.25) is 0 Å². The Kier molecular flexibility index (Phi) is 8.37. The summed E-state index contributed by atoms with van der Waals surface area (Å²) in [4.78, 5) is 0. The van der Waals surface area contributed by atoms with Crippen LogP contribution in [-0.4, -0.2) is 8.96 Å². The lowest BCUT2D eigenvalue weighted by Gasteiger charge is -2.38. The van der Waals surface area contributed by atoms with Crippen molar-refractivity contribution in [2.75, 3.05) is 0 Å². The van der Waals surface area contributed by atoms with Crippen LogP contribution in [0.5, 0.6) is 11.5 Å². The molecule has 3 nitrogen and oxygen atoms in total. The Morgan fingerprint density at radius 3 is 1.80 bits per heavy atom. The second kappa shape index (κ2) is 12.1. The number of para-hydroxylation sites is 2. The SMILES string of the molecule is Cc1ccccc1C(N[S@](=O)C(C)(C)C)c1cccc2c1Oc1c(P(c3ccccc3)c3ccccc3)cccc1C2(C)C. The molecule has 1 aliphatic rings. The van der Waals surface area contributed by atoms with Crippen LogP contribution in [0.1, 0.15) is 68.5 Å². The number of fused-ring (bicyclic) bond motifs is 2. The first-order valence-corrected chi connectivity index (χ1v) is 17.6. The van der Waals surface area contributed by atoms with E-state index in [1.807, 2.05) is 20.8 Å². The first-order valence-electron chi connectivity index (χ1n) is 15.2. The fraction of sp³-hybridized carbons (Fsp3) is 0.231. The summed E-state index contributed by atoms with van der Waals surface area (Å²) in [6, 6.07) is 42.6. The fourth-order valence-corrected chi connectivity index (χ4v) is 9.23. The molecule has 0 aliphatic carbocycles. The zero-order valence-electron chi connectivity index (χ0n) is 26.3. The van der Waals surface area contributed by atoms with Gasteiger partial charge in [0.25, 0.3) is 0 Å². The third kappa shape index (κ3) is 5.68. The van der Waals surface area contributed by atoms with Gasteiger partial charge in [-0.15, -0.1) is 0 Å². The van der Waals surface area contributed by atoms with Gasteiger partial charge in [0, 0.05) is 27.4 Å². The summed E-state index contributed by atoms with van der Waals surface area (Å²) in [7, 11) is -2.19. The predicted octanol–water partition coefficient (Wildman–Crippen LogP) is 8.33. The number of nitrogens with one attached hydrogen (secondary N) is 1. The molecule has 0 radical (unpaired) electrons. The average molecular weight is 618 g/mol. The van der Waals surface area contributed by atoms with Crippen molar-refractivity contribution in [1.82, 2.24) is 4.72 Å². The molecule has 0 bridgehead atoms. The van der Waals surface area contributed by atoms with Crippen molar-refractivity contribution in [1.29, 1.82) is 0 Å². The smallest absolute Gasteiger partial charge is 0.139 e. The van der Waals surface area contributed by atoms with Crippen LogP contribution in [0.15, 0.2) is 121 Å². The van der Waals surface area contributed by atoms with E-state index in [1.54, 1.807) is 0 Å². The van der Waals surface area contributed by atoms with Crippen LogP contribution < -0.4 is 25.4 Å². The molecule has 44 heavy (non-hydrogen) atoms. The van der Waals surface area contributed by atoms with Gasteiger partial charge in [-0.3, -0.25) is 0 Å². The minimum atomic E-state index is -1.31. The first kappa shape index (κ1) is 30.5. The van der Waals surface area contributed by atoms with E-state index in [4.69, 9.17) is 4.74 Å². The lowest BCUT2D eigenvalue weighted by Crippen LogP contribution is -2.37. The highest BCUT2D eigenvalue weighted by molar-refractivity contribution is 7.84. The largest absolute Gasteiger partial charge is 0.456 e. The Labute approximate surface area is 266 Å². The maximum atomic E-state index is 13.6. The van der Waals surface area contributed by atoms with Gasteiger partial charge in [-0.1, -0.05) is 135 Å². The number of hydrogen-bond acceptors (Lipinski definition) is 2. The van der Waals surface area contributed by atoms with E-state index in [2.05, 4.69) is 147 Å². The van der Waals surface area contributed by atoms with Gasteiger partial charge in [-0.2, -0.15) is 0 Å². The summed E-state index contributed by atoms with van der Waals surface area (Å²) < 4.78 is 23.9. The van der Waals surface area contributed by atoms with Crippen molar-refractivity contribution in [2.24, 2.45) is 0 Å². The molecule has 0 spiro atoms. The lowest BCUT2D eigenvalue weighted by atomic mass is 9.74. The Morgan fingerprint density at radius 2 is 1.20 bits per heavy atom. The quantitative estimate of drug-likeness (QED) is 0.187. The Bertz CT molecular complexity index is 1770. The first-order chi connectivity index (χ1) is 21.1. The van der Waals surface area contributed by atoms with Gasteiger partial charge in [0.05, 0.1) is 21.8 Å². The van der Waals surface area contributed by atoms with Crippen molar-refractivity contribution in [2.45, 2.75) is 57.7 Å². The van der Waals surface area contributed by atoms with Crippen molar-refractivity contribution >= 4 is 34.8 Å². The van der Waals surface area contributed by atoms with E-state index >= 15 is 0 Å². The molecule has 6 rings (SSSR count). The van der Waals surface area contributed by atoms with Crippen LogP contribution in [0.2, 0.25) is 0 Å². The number of aryl methyl sites for hydroxylation is 1. The van der Waals surface area contributed by atoms with Crippen LogP contribution in [0.4, 0.5) is 0 Å². The summed E-state index contributed by atoms with van der Waals surface area (Å²) >= 11 is 0. The maximum Gasteiger partial charge on any atom is 0.139 e. The molecule has 5 aromatic rings. The van der Waals surface area contributed by atoms with Crippen molar-refractivity contribution in [3.63, 3.8) is 0 Å². The molecule has 0 saturated heterocycles. The monoisotopic (exact) mass is 617 g/mol. The third-order valence-corrected chi connectivity index (χ3v) is 12.5. The van der Waals surface area contributed by atoms with E-state index in [0.717, 1.165) is 33.8 Å². The molecule has 0 amide bonds. The molecule has 1 aliphatic heterocycles. The summed E-state index contributed by atoms with van der Waals surface area (Å²) in [5.41, 5.74) is 5.22. The van der Waals surface area contributed by atoms with E-state index in [-0.39, 0.29) is 11.5 Å². The van der Waals surface area contributed by atoms with Crippen LogP contribution in [0.3, 0.4) is 0 Å². The van der Waals surface area contributed by atoms with E-state index in [1.165, 1.54) is 21.5 Å². The second-order valence-corrected chi connectivity index (χ2v) is 17.1. The van der Waals surface area contributed by atoms with Crippen molar-refractivity contribution in [3.05, 3.63) is 149 Å². The van der Waals surface area contributed by atoms with Crippen LogP contribution in [0, 0.1) is 6.92 Å². The maximum absolute atomic E-state index is 13.6. The Hall–Kier alpha value is -3.56. The molecular formula is C39H40NO2PS. The Balaban J connectivity index is 1.56. The van der Waals surface area contributed by atoms with E-state index in [9.17, 15) is 4.21 Å². The van der Waals surface area contributed by atoms with Gasteiger partial charge in [0.15, 0.2) is 0 Å². The predicted molar refractivity (Wildman–Crippen MR) is 188 cm³/mol. The van der Waals surface area contributed by atoms with Gasteiger partial charge in [-0.25, -0.2) is 8.93 Å². The molecule has 0 fully saturated rings. The molecule has 5 aromatic carbocycles. The highest BCUT2D eigenvalue weighted by Crippen LogP contribution is 2.52. The number of hydrogen-bond donors (Lipinski definition) is 1. The zero-order valence-corrected chi connectivity index (χ0v) is 28.0. The van der Waals surface area contributed by atoms with E-state index < -0.39 is 23.7 Å². The highest BCUT2D eigenvalue weighted by atomic mass is 32.2. The average Bonchev–Trinajstić information content (AvgIpc) is 3.01. The number of ether oxygens (including phenoxy) is 1. The molecule has 5 heteroatoms.